The number of rotatable bonds is 5. The van der Waals surface area contributed by atoms with Crippen molar-refractivity contribution >= 4 is 12.4 Å². The van der Waals surface area contributed by atoms with Crippen LogP contribution in [0.4, 0.5) is 0 Å². The normalized spacial score (nSPS) is 19.2. The van der Waals surface area contributed by atoms with Gasteiger partial charge in [0.05, 0.1) is 0 Å². The molecule has 2 saturated heterocycles. The Morgan fingerprint density at radius 3 is 2.42 bits per heavy atom. The summed E-state index contributed by atoms with van der Waals surface area (Å²) < 4.78 is 5.86. The van der Waals surface area contributed by atoms with Crippen molar-refractivity contribution in [2.75, 3.05) is 26.2 Å². The van der Waals surface area contributed by atoms with Gasteiger partial charge in [0.15, 0.2) is 0 Å². The van der Waals surface area contributed by atoms with Crippen LogP contribution in [0.15, 0.2) is 48.8 Å². The third kappa shape index (κ3) is 4.76. The predicted molar refractivity (Wildman–Crippen MR) is 107 cm³/mol. The van der Waals surface area contributed by atoms with Crippen molar-refractivity contribution in [2.24, 2.45) is 5.41 Å². The monoisotopic (exact) mass is 373 g/mol. The van der Waals surface area contributed by atoms with Crippen LogP contribution in [0.3, 0.4) is 0 Å². The van der Waals surface area contributed by atoms with Gasteiger partial charge in [0, 0.05) is 25.5 Å². The lowest BCUT2D eigenvalue weighted by Gasteiger charge is -2.33. The van der Waals surface area contributed by atoms with Gasteiger partial charge in [-0.1, -0.05) is 12.1 Å². The Morgan fingerprint density at radius 1 is 0.962 bits per heavy atom. The molecule has 2 aliphatic rings. The quantitative estimate of drug-likeness (QED) is 0.867. The minimum atomic E-state index is 0. The van der Waals surface area contributed by atoms with E-state index in [0.717, 1.165) is 17.9 Å². The molecule has 0 unspecified atom stereocenters. The van der Waals surface area contributed by atoms with Crippen LogP contribution in [-0.4, -0.2) is 36.1 Å². The molecule has 1 N–H and O–H groups in total. The zero-order chi connectivity index (χ0) is 17.0. The summed E-state index contributed by atoms with van der Waals surface area (Å²) in [5.41, 5.74) is 3.10. The molecule has 1 aromatic carbocycles. The zero-order valence-electron chi connectivity index (χ0n) is 15.2. The molecule has 0 aliphatic carbocycles. The third-order valence-corrected chi connectivity index (χ3v) is 5.67. The zero-order valence-corrected chi connectivity index (χ0v) is 16.0. The van der Waals surface area contributed by atoms with E-state index in [1.807, 2.05) is 12.1 Å². The second-order valence-electron chi connectivity index (χ2n) is 7.50. The van der Waals surface area contributed by atoms with E-state index in [9.17, 15) is 0 Å². The molecule has 1 spiro atoms. The summed E-state index contributed by atoms with van der Waals surface area (Å²) in [4.78, 5) is 6.65. The fourth-order valence-corrected chi connectivity index (χ4v) is 4.12. The Morgan fingerprint density at radius 2 is 1.69 bits per heavy atom. The van der Waals surface area contributed by atoms with Crippen LogP contribution in [0, 0.1) is 5.41 Å². The standard InChI is InChI=1S/C21H27N3O.ClH/c1-3-20(25-16-19-5-10-22-11-6-19)4-2-18(1)15-24-14-9-21(17-24)7-12-23-13-8-21;/h1-6,10-11,23H,7-9,12-17H2;1H. The van der Waals surface area contributed by atoms with Crippen molar-refractivity contribution in [1.29, 1.82) is 0 Å². The van der Waals surface area contributed by atoms with E-state index in [1.54, 1.807) is 12.4 Å². The molecule has 2 fully saturated rings. The topological polar surface area (TPSA) is 37.4 Å². The maximum Gasteiger partial charge on any atom is 0.119 e. The number of nitrogens with zero attached hydrogens (tertiary/aromatic N) is 2. The van der Waals surface area contributed by atoms with Crippen LogP contribution >= 0.6 is 12.4 Å². The van der Waals surface area contributed by atoms with Gasteiger partial charge in [-0.3, -0.25) is 9.88 Å². The SMILES string of the molecule is Cl.c1cc(COc2ccc(CN3CCC4(CCNCC4)C3)cc2)ccn1. The van der Waals surface area contributed by atoms with Gasteiger partial charge in [0.25, 0.3) is 0 Å². The summed E-state index contributed by atoms with van der Waals surface area (Å²) in [6.45, 7) is 6.52. The van der Waals surface area contributed by atoms with E-state index in [0.29, 0.717) is 12.0 Å². The highest BCUT2D eigenvalue weighted by molar-refractivity contribution is 5.85. The summed E-state index contributed by atoms with van der Waals surface area (Å²) >= 11 is 0. The molecule has 1 aromatic heterocycles. The minimum Gasteiger partial charge on any atom is -0.489 e. The van der Waals surface area contributed by atoms with E-state index in [4.69, 9.17) is 4.74 Å². The number of aromatic nitrogens is 1. The van der Waals surface area contributed by atoms with Gasteiger partial charge in [0.1, 0.15) is 12.4 Å². The Balaban J connectivity index is 0.00000196. The maximum absolute atomic E-state index is 5.86. The second kappa shape index (κ2) is 8.85. The van der Waals surface area contributed by atoms with E-state index >= 15 is 0 Å². The highest BCUT2D eigenvalue weighted by atomic mass is 35.5. The molecule has 0 radical (unpaired) electrons. The van der Waals surface area contributed by atoms with Crippen molar-refractivity contribution in [2.45, 2.75) is 32.4 Å². The molecule has 3 heterocycles. The molecule has 5 heteroatoms. The van der Waals surface area contributed by atoms with Gasteiger partial charge in [0.2, 0.25) is 0 Å². The summed E-state index contributed by atoms with van der Waals surface area (Å²) in [5, 5.41) is 3.49. The van der Waals surface area contributed by atoms with Gasteiger partial charge >= 0.3 is 0 Å². The fourth-order valence-electron chi connectivity index (χ4n) is 4.12. The lowest BCUT2D eigenvalue weighted by Crippen LogP contribution is -2.38. The largest absolute Gasteiger partial charge is 0.489 e. The predicted octanol–water partition coefficient (Wildman–Crippen LogP) is 3.66. The first-order valence-corrected chi connectivity index (χ1v) is 9.35. The van der Waals surface area contributed by atoms with Crippen LogP contribution in [0.5, 0.6) is 5.75 Å². The lowest BCUT2D eigenvalue weighted by atomic mass is 9.78. The number of piperidine rings is 1. The molecule has 4 nitrogen and oxygen atoms in total. The van der Waals surface area contributed by atoms with Gasteiger partial charge in [-0.25, -0.2) is 0 Å². The van der Waals surface area contributed by atoms with Gasteiger partial charge in [-0.15, -0.1) is 12.4 Å². The average molecular weight is 374 g/mol. The van der Waals surface area contributed by atoms with Crippen LogP contribution in [0.2, 0.25) is 0 Å². The summed E-state index contributed by atoms with van der Waals surface area (Å²) in [7, 11) is 0. The average Bonchev–Trinajstić information content (AvgIpc) is 3.04. The third-order valence-electron chi connectivity index (χ3n) is 5.67. The van der Waals surface area contributed by atoms with E-state index in [2.05, 4.69) is 39.5 Å². The van der Waals surface area contributed by atoms with Crippen molar-refractivity contribution in [3.63, 3.8) is 0 Å². The maximum atomic E-state index is 5.86. The number of pyridine rings is 1. The van der Waals surface area contributed by atoms with E-state index in [1.165, 1.54) is 51.0 Å². The first-order valence-electron chi connectivity index (χ1n) is 9.35. The molecule has 140 valence electrons. The van der Waals surface area contributed by atoms with Crippen molar-refractivity contribution < 1.29 is 4.74 Å². The van der Waals surface area contributed by atoms with Crippen LogP contribution in [0.1, 0.15) is 30.4 Å². The van der Waals surface area contributed by atoms with Gasteiger partial charge < -0.3 is 10.1 Å². The number of benzene rings is 1. The van der Waals surface area contributed by atoms with Gasteiger partial charge in [-0.05, 0) is 79.7 Å². The van der Waals surface area contributed by atoms with Crippen LogP contribution < -0.4 is 10.1 Å². The molecule has 2 aromatic rings. The van der Waals surface area contributed by atoms with Gasteiger partial charge in [-0.2, -0.15) is 0 Å². The van der Waals surface area contributed by atoms with Crippen molar-refractivity contribution in [1.82, 2.24) is 15.2 Å². The fraction of sp³-hybridized carbons (Fsp3) is 0.476. The van der Waals surface area contributed by atoms with E-state index in [-0.39, 0.29) is 12.4 Å². The highest BCUT2D eigenvalue weighted by Crippen LogP contribution is 2.39. The van der Waals surface area contributed by atoms with Crippen LogP contribution in [0.25, 0.3) is 0 Å². The Hall–Kier alpha value is -1.62. The lowest BCUT2D eigenvalue weighted by molar-refractivity contribution is 0.194. The molecule has 0 saturated carbocycles. The van der Waals surface area contributed by atoms with E-state index < -0.39 is 0 Å². The molecular weight excluding hydrogens is 346 g/mol. The minimum absolute atomic E-state index is 0. The number of ether oxygens (including phenoxy) is 1. The summed E-state index contributed by atoms with van der Waals surface area (Å²) in [6.07, 6.45) is 7.64. The Bertz CT molecular complexity index is 671. The Labute approximate surface area is 162 Å². The number of likely N-dealkylation sites (tertiary alicyclic amines) is 1. The first kappa shape index (κ1) is 19.2. The molecular formula is C21H28ClN3O. The Kier molecular flexibility index (Phi) is 6.52. The van der Waals surface area contributed by atoms with Crippen molar-refractivity contribution in [3.8, 4) is 5.75 Å². The summed E-state index contributed by atoms with van der Waals surface area (Å²) in [5.74, 6) is 0.928. The van der Waals surface area contributed by atoms with Crippen LogP contribution in [-0.2, 0) is 13.2 Å². The number of halogens is 1. The molecule has 2 aliphatic heterocycles. The summed E-state index contributed by atoms with van der Waals surface area (Å²) in [6, 6.07) is 12.6. The molecule has 0 amide bonds. The molecule has 26 heavy (non-hydrogen) atoms. The molecule has 4 rings (SSSR count). The number of hydrogen-bond donors (Lipinski definition) is 1. The molecule has 0 bridgehead atoms. The number of hydrogen-bond acceptors (Lipinski definition) is 4. The first-order chi connectivity index (χ1) is 12.3. The van der Waals surface area contributed by atoms with Crippen molar-refractivity contribution in [3.05, 3.63) is 59.9 Å². The smallest absolute Gasteiger partial charge is 0.119 e. The highest BCUT2D eigenvalue weighted by Gasteiger charge is 2.38. The number of nitrogens with one attached hydrogen (secondary N) is 1. The second-order valence-corrected chi connectivity index (χ2v) is 7.50. The molecule has 0 atom stereocenters.